The summed E-state index contributed by atoms with van der Waals surface area (Å²) < 4.78 is 5.40. The van der Waals surface area contributed by atoms with Gasteiger partial charge < -0.3 is 25.0 Å². The highest BCUT2D eigenvalue weighted by molar-refractivity contribution is 5.69. The third kappa shape index (κ3) is 3.95. The molecule has 1 aliphatic rings. The maximum absolute atomic E-state index is 12.3. The molecule has 3 N–H and O–H groups in total. The van der Waals surface area contributed by atoms with Gasteiger partial charge in [-0.25, -0.2) is 4.79 Å². The Morgan fingerprint density at radius 3 is 2.61 bits per heavy atom. The average molecular weight is 323 g/mol. The van der Waals surface area contributed by atoms with Crippen molar-refractivity contribution in [3.05, 3.63) is 29.3 Å². The number of aliphatic hydroxyl groups is 2. The van der Waals surface area contributed by atoms with Gasteiger partial charge in [0.2, 0.25) is 0 Å². The molecule has 0 aliphatic carbocycles. The van der Waals surface area contributed by atoms with Crippen molar-refractivity contribution in [3.8, 4) is 5.75 Å². The van der Waals surface area contributed by atoms with E-state index >= 15 is 0 Å². The number of benzene rings is 1. The fourth-order valence-electron chi connectivity index (χ4n) is 2.98. The number of hydrogen-bond acceptors (Lipinski definition) is 5. The normalized spacial score (nSPS) is 21.5. The van der Waals surface area contributed by atoms with Crippen LogP contribution in [-0.4, -0.2) is 51.1 Å². The Hall–Kier alpha value is -1.79. The Labute approximate surface area is 136 Å². The molecular weight excluding hydrogens is 298 g/mol. The van der Waals surface area contributed by atoms with Crippen molar-refractivity contribution in [3.63, 3.8) is 0 Å². The lowest BCUT2D eigenvalue weighted by atomic mass is 9.91. The summed E-state index contributed by atoms with van der Waals surface area (Å²) in [4.78, 5) is 13.9. The summed E-state index contributed by atoms with van der Waals surface area (Å²) in [6, 6.07) is 4.65. The number of aromatic hydroxyl groups is 1. The minimum atomic E-state index is -0.586. The van der Waals surface area contributed by atoms with E-state index in [1.165, 1.54) is 6.07 Å². The predicted molar refractivity (Wildman–Crippen MR) is 85.2 cm³/mol. The molecule has 23 heavy (non-hydrogen) atoms. The second-order valence-electron chi connectivity index (χ2n) is 6.87. The van der Waals surface area contributed by atoms with Crippen molar-refractivity contribution in [1.82, 2.24) is 4.90 Å². The Morgan fingerprint density at radius 1 is 1.35 bits per heavy atom. The van der Waals surface area contributed by atoms with Gasteiger partial charge in [-0.15, -0.1) is 0 Å². The molecule has 1 aromatic carbocycles. The molecule has 1 heterocycles. The molecule has 1 saturated heterocycles. The van der Waals surface area contributed by atoms with Crippen LogP contribution in [-0.2, 0) is 11.3 Å². The molecule has 0 aromatic heterocycles. The molecule has 2 rings (SSSR count). The Bertz CT molecular complexity index is 567. The van der Waals surface area contributed by atoms with Crippen LogP contribution >= 0.6 is 0 Å². The van der Waals surface area contributed by atoms with Crippen LogP contribution in [0, 0.1) is 0 Å². The van der Waals surface area contributed by atoms with Crippen LogP contribution in [0.5, 0.6) is 5.75 Å². The molecular formula is C17H25NO5. The lowest BCUT2D eigenvalue weighted by Crippen LogP contribution is -2.42. The molecule has 0 spiro atoms. The molecule has 1 amide bonds. The van der Waals surface area contributed by atoms with E-state index < -0.39 is 11.7 Å². The highest BCUT2D eigenvalue weighted by Crippen LogP contribution is 2.36. The van der Waals surface area contributed by atoms with Gasteiger partial charge in [0, 0.05) is 18.0 Å². The molecule has 1 aliphatic heterocycles. The summed E-state index contributed by atoms with van der Waals surface area (Å²) >= 11 is 0. The van der Waals surface area contributed by atoms with Gasteiger partial charge in [-0.3, -0.25) is 0 Å². The van der Waals surface area contributed by atoms with Gasteiger partial charge >= 0.3 is 6.09 Å². The second-order valence-corrected chi connectivity index (χ2v) is 6.87. The van der Waals surface area contributed by atoms with Crippen LogP contribution in [0.15, 0.2) is 18.2 Å². The number of rotatable bonds is 3. The molecule has 6 heteroatoms. The number of amides is 1. The Kier molecular flexibility index (Phi) is 5.16. The van der Waals surface area contributed by atoms with Crippen molar-refractivity contribution >= 4 is 6.09 Å². The van der Waals surface area contributed by atoms with E-state index in [0.717, 1.165) is 5.56 Å². The van der Waals surface area contributed by atoms with Gasteiger partial charge in [-0.2, -0.15) is 0 Å². The zero-order valence-electron chi connectivity index (χ0n) is 13.8. The third-order valence-corrected chi connectivity index (χ3v) is 4.06. The number of hydrogen-bond donors (Lipinski definition) is 3. The fourth-order valence-corrected chi connectivity index (χ4v) is 2.98. The number of aliphatic hydroxyl groups excluding tert-OH is 2. The first kappa shape index (κ1) is 17.6. The molecule has 1 aromatic rings. The largest absolute Gasteiger partial charge is 0.508 e. The van der Waals surface area contributed by atoms with Crippen molar-refractivity contribution in [2.75, 3.05) is 13.2 Å². The minimum Gasteiger partial charge on any atom is -0.508 e. The molecule has 6 nitrogen and oxygen atoms in total. The number of carbonyl (C=O) groups excluding carboxylic acids is 1. The van der Waals surface area contributed by atoms with E-state index in [2.05, 4.69) is 0 Å². The quantitative estimate of drug-likeness (QED) is 0.791. The maximum atomic E-state index is 12.3. The minimum absolute atomic E-state index is 0.0405. The molecule has 2 atom stereocenters. The monoisotopic (exact) mass is 323 g/mol. The number of likely N-dealkylation sites (tertiary alicyclic amines) is 1. The van der Waals surface area contributed by atoms with E-state index in [1.54, 1.807) is 37.8 Å². The van der Waals surface area contributed by atoms with E-state index in [0.29, 0.717) is 18.5 Å². The third-order valence-electron chi connectivity index (χ3n) is 4.06. The standard InChI is InChI=1S/C17H25NO5/c1-17(2,3)23-16(22)18-7-6-13(14(18)10-20)11-4-5-15(21)12(8-11)9-19/h4-5,8,13-14,19-21H,6-7,9-10H2,1-3H3. The molecule has 2 unspecified atom stereocenters. The Balaban J connectivity index is 2.20. The van der Waals surface area contributed by atoms with E-state index in [1.807, 2.05) is 0 Å². The van der Waals surface area contributed by atoms with Gasteiger partial charge in [-0.05, 0) is 44.9 Å². The smallest absolute Gasteiger partial charge is 0.410 e. The predicted octanol–water partition coefficient (Wildman–Crippen LogP) is 1.97. The van der Waals surface area contributed by atoms with Gasteiger partial charge in [0.15, 0.2) is 0 Å². The zero-order chi connectivity index (χ0) is 17.2. The lowest BCUT2D eigenvalue weighted by molar-refractivity contribution is 0.0165. The summed E-state index contributed by atoms with van der Waals surface area (Å²) in [5.41, 5.74) is 0.740. The first-order valence-electron chi connectivity index (χ1n) is 7.80. The van der Waals surface area contributed by atoms with Crippen LogP contribution in [0.1, 0.15) is 44.2 Å². The molecule has 128 valence electrons. The first-order valence-corrected chi connectivity index (χ1v) is 7.80. The SMILES string of the molecule is CC(C)(C)OC(=O)N1CCC(c2ccc(O)c(CO)c2)C1CO. The maximum Gasteiger partial charge on any atom is 0.410 e. The van der Waals surface area contributed by atoms with Crippen molar-refractivity contribution in [2.24, 2.45) is 0 Å². The summed E-state index contributed by atoms with van der Waals surface area (Å²) in [6.45, 7) is 5.49. The number of nitrogens with zero attached hydrogens (tertiary/aromatic N) is 1. The van der Waals surface area contributed by atoms with Crippen LogP contribution < -0.4 is 0 Å². The van der Waals surface area contributed by atoms with Gasteiger partial charge in [0.25, 0.3) is 0 Å². The average Bonchev–Trinajstić information content (AvgIpc) is 2.90. The highest BCUT2D eigenvalue weighted by atomic mass is 16.6. The molecule has 0 saturated carbocycles. The van der Waals surface area contributed by atoms with Crippen molar-refractivity contribution < 1.29 is 24.9 Å². The van der Waals surface area contributed by atoms with Crippen LogP contribution in [0.2, 0.25) is 0 Å². The number of phenols is 1. The van der Waals surface area contributed by atoms with Gasteiger partial charge in [-0.1, -0.05) is 6.07 Å². The van der Waals surface area contributed by atoms with Crippen molar-refractivity contribution in [1.29, 1.82) is 0 Å². The van der Waals surface area contributed by atoms with E-state index in [4.69, 9.17) is 4.74 Å². The van der Waals surface area contributed by atoms with Crippen LogP contribution in [0.25, 0.3) is 0 Å². The second kappa shape index (κ2) is 6.76. The molecule has 1 fully saturated rings. The van der Waals surface area contributed by atoms with Gasteiger partial charge in [0.05, 0.1) is 19.3 Å². The summed E-state index contributed by atoms with van der Waals surface area (Å²) in [7, 11) is 0. The number of carbonyl (C=O) groups is 1. The van der Waals surface area contributed by atoms with E-state index in [-0.39, 0.29) is 30.9 Å². The van der Waals surface area contributed by atoms with E-state index in [9.17, 15) is 20.1 Å². The summed E-state index contributed by atoms with van der Waals surface area (Å²) in [5.74, 6) is -0.0165. The lowest BCUT2D eigenvalue weighted by Gasteiger charge is -2.29. The highest BCUT2D eigenvalue weighted by Gasteiger charge is 2.39. The Morgan fingerprint density at radius 2 is 2.04 bits per heavy atom. The topological polar surface area (TPSA) is 90.2 Å². The van der Waals surface area contributed by atoms with Crippen LogP contribution in [0.3, 0.4) is 0 Å². The molecule has 0 bridgehead atoms. The van der Waals surface area contributed by atoms with Crippen LogP contribution in [0.4, 0.5) is 4.79 Å². The first-order chi connectivity index (χ1) is 10.8. The number of ether oxygens (including phenoxy) is 1. The summed E-state index contributed by atoms with van der Waals surface area (Å²) in [5, 5.41) is 28.7. The van der Waals surface area contributed by atoms with Gasteiger partial charge in [0.1, 0.15) is 11.4 Å². The fraction of sp³-hybridized carbons (Fsp3) is 0.588. The summed E-state index contributed by atoms with van der Waals surface area (Å²) in [6.07, 6.45) is 0.264. The zero-order valence-corrected chi connectivity index (χ0v) is 13.8. The van der Waals surface area contributed by atoms with Crippen molar-refractivity contribution in [2.45, 2.75) is 51.4 Å². The molecule has 0 radical (unpaired) electrons.